The van der Waals surface area contributed by atoms with Crippen molar-refractivity contribution in [3.63, 3.8) is 0 Å². The van der Waals surface area contributed by atoms with E-state index in [1.807, 2.05) is 60.7 Å². The van der Waals surface area contributed by atoms with Crippen LogP contribution in [0.4, 0.5) is 5.69 Å². The van der Waals surface area contributed by atoms with Crippen molar-refractivity contribution in [3.05, 3.63) is 83.9 Å². The Morgan fingerprint density at radius 3 is 2.07 bits per heavy atom. The number of H-pyrrole nitrogens is 1. The van der Waals surface area contributed by atoms with Gasteiger partial charge >= 0.3 is 0 Å². The predicted octanol–water partition coefficient (Wildman–Crippen LogP) is 3.86. The van der Waals surface area contributed by atoms with Crippen LogP contribution < -0.4 is 21.7 Å². The summed E-state index contributed by atoms with van der Waals surface area (Å²) < 4.78 is 0. The van der Waals surface area contributed by atoms with Crippen LogP contribution in [0.2, 0.25) is 0 Å². The van der Waals surface area contributed by atoms with Gasteiger partial charge in [0.25, 0.3) is 5.91 Å². The Kier molecular flexibility index (Phi) is 9.25. The van der Waals surface area contributed by atoms with Crippen LogP contribution in [0.5, 0.6) is 0 Å². The average Bonchev–Trinajstić information content (AvgIpc) is 3.72. The summed E-state index contributed by atoms with van der Waals surface area (Å²) in [5.74, 6) is 0.425. The molecule has 0 aliphatic heterocycles. The van der Waals surface area contributed by atoms with Crippen molar-refractivity contribution in [2.24, 2.45) is 17.6 Å². The number of carbonyl (C=O) groups excluding carboxylic acids is 3. The van der Waals surface area contributed by atoms with Gasteiger partial charge in [0.2, 0.25) is 11.8 Å². The van der Waals surface area contributed by atoms with E-state index in [0.717, 1.165) is 60.8 Å². The third kappa shape index (κ3) is 7.79. The molecule has 3 aromatic carbocycles. The van der Waals surface area contributed by atoms with Gasteiger partial charge in [-0.15, -0.1) is 5.10 Å². The number of anilines is 1. The average molecular weight is 607 g/mol. The molecule has 2 aliphatic rings. The van der Waals surface area contributed by atoms with Gasteiger partial charge in [0.1, 0.15) is 6.04 Å². The van der Waals surface area contributed by atoms with E-state index in [9.17, 15) is 14.4 Å². The SMILES string of the molecule is NC[C@H]1CC[C@H](C(=O)NC(Cc2ccc(-c3ccc(C(=O)NC4CC4)cc3)cc2)C(=O)Nc2ccc(-c3nnn[nH]3)cc2)CC1. The minimum Gasteiger partial charge on any atom is -0.349 e. The van der Waals surface area contributed by atoms with Crippen molar-refractivity contribution < 1.29 is 14.4 Å². The lowest BCUT2D eigenvalue weighted by Crippen LogP contribution is -2.48. The van der Waals surface area contributed by atoms with Crippen molar-refractivity contribution in [1.82, 2.24) is 31.3 Å². The zero-order valence-corrected chi connectivity index (χ0v) is 25.0. The number of aromatic amines is 1. The number of benzene rings is 3. The van der Waals surface area contributed by atoms with E-state index >= 15 is 0 Å². The minimum absolute atomic E-state index is 0.0405. The molecular weight excluding hydrogens is 568 g/mol. The minimum atomic E-state index is -0.766. The number of rotatable bonds is 11. The molecule has 11 heteroatoms. The van der Waals surface area contributed by atoms with Crippen LogP contribution in [0, 0.1) is 11.8 Å². The fourth-order valence-electron chi connectivity index (χ4n) is 5.76. The van der Waals surface area contributed by atoms with Crippen LogP contribution in [-0.4, -0.2) is 57.0 Å². The van der Waals surface area contributed by atoms with Gasteiger partial charge in [-0.3, -0.25) is 14.4 Å². The van der Waals surface area contributed by atoms with Crippen LogP contribution in [0.25, 0.3) is 22.5 Å². The van der Waals surface area contributed by atoms with E-state index in [0.29, 0.717) is 42.0 Å². The van der Waals surface area contributed by atoms with E-state index in [4.69, 9.17) is 5.73 Å². The van der Waals surface area contributed by atoms with Crippen LogP contribution in [-0.2, 0) is 16.0 Å². The zero-order chi connectivity index (χ0) is 31.2. The molecule has 0 radical (unpaired) electrons. The molecule has 4 aromatic rings. The van der Waals surface area contributed by atoms with E-state index in [2.05, 4.69) is 36.6 Å². The molecule has 2 fully saturated rings. The molecule has 2 aliphatic carbocycles. The lowest BCUT2D eigenvalue weighted by atomic mass is 9.81. The number of carbonyl (C=O) groups is 3. The van der Waals surface area contributed by atoms with Crippen LogP contribution in [0.1, 0.15) is 54.4 Å². The van der Waals surface area contributed by atoms with Crippen molar-refractivity contribution in [3.8, 4) is 22.5 Å². The highest BCUT2D eigenvalue weighted by atomic mass is 16.2. The van der Waals surface area contributed by atoms with E-state index < -0.39 is 6.04 Å². The Hall–Kier alpha value is -4.90. The molecule has 6 rings (SSSR count). The molecular formula is C34H38N8O3. The molecule has 0 bridgehead atoms. The summed E-state index contributed by atoms with van der Waals surface area (Å²) in [5, 5.41) is 22.9. The Balaban J connectivity index is 1.13. The molecule has 45 heavy (non-hydrogen) atoms. The first-order valence-corrected chi connectivity index (χ1v) is 15.6. The number of nitrogens with one attached hydrogen (secondary N) is 4. The van der Waals surface area contributed by atoms with E-state index in [1.165, 1.54) is 0 Å². The number of aromatic nitrogens is 4. The first kappa shape index (κ1) is 30.1. The number of hydrogen-bond donors (Lipinski definition) is 5. The van der Waals surface area contributed by atoms with E-state index in [-0.39, 0.29) is 23.6 Å². The summed E-state index contributed by atoms with van der Waals surface area (Å²) in [6.07, 6.45) is 5.82. The number of nitrogens with zero attached hydrogens (tertiary/aromatic N) is 3. The Morgan fingerprint density at radius 1 is 0.822 bits per heavy atom. The van der Waals surface area contributed by atoms with Crippen molar-refractivity contribution >= 4 is 23.4 Å². The maximum Gasteiger partial charge on any atom is 0.251 e. The molecule has 1 atom stereocenters. The molecule has 1 aromatic heterocycles. The number of tetrazole rings is 1. The van der Waals surface area contributed by atoms with Crippen molar-refractivity contribution in [2.45, 2.75) is 57.0 Å². The summed E-state index contributed by atoms with van der Waals surface area (Å²) in [5.41, 5.74) is 10.8. The summed E-state index contributed by atoms with van der Waals surface area (Å²) >= 11 is 0. The second kappa shape index (κ2) is 13.8. The smallest absolute Gasteiger partial charge is 0.251 e. The summed E-state index contributed by atoms with van der Waals surface area (Å²) in [6.45, 7) is 0.640. The number of amides is 3. The maximum absolute atomic E-state index is 13.6. The molecule has 1 unspecified atom stereocenters. The molecule has 1 heterocycles. The molecule has 232 valence electrons. The highest BCUT2D eigenvalue weighted by Crippen LogP contribution is 2.29. The fraction of sp³-hybridized carbons (Fsp3) is 0.353. The third-order valence-corrected chi connectivity index (χ3v) is 8.74. The Morgan fingerprint density at radius 2 is 1.47 bits per heavy atom. The highest BCUT2D eigenvalue weighted by molar-refractivity contribution is 5.98. The summed E-state index contributed by atoms with van der Waals surface area (Å²) in [6, 6.07) is 22.2. The van der Waals surface area contributed by atoms with Crippen LogP contribution in [0.15, 0.2) is 72.8 Å². The molecule has 3 amide bonds. The number of hydrogen-bond acceptors (Lipinski definition) is 7. The second-order valence-corrected chi connectivity index (χ2v) is 12.1. The van der Waals surface area contributed by atoms with Crippen molar-refractivity contribution in [1.29, 1.82) is 0 Å². The molecule has 6 N–H and O–H groups in total. The summed E-state index contributed by atoms with van der Waals surface area (Å²) in [7, 11) is 0. The van der Waals surface area contributed by atoms with Gasteiger partial charge in [-0.1, -0.05) is 36.4 Å². The highest BCUT2D eigenvalue weighted by Gasteiger charge is 2.29. The standard InChI is InChI=1S/C34H38N8O3/c35-20-22-3-7-26(8-4-22)33(44)38-30(34(45)37-28-15-13-25(14-16-28)31-39-41-42-40-31)19-21-1-5-23(6-2-21)24-9-11-27(12-10-24)32(43)36-29-17-18-29/h1-2,5-6,9-16,22,26,29-30H,3-4,7-8,17-20,35H2,(H,36,43)(H,37,45)(H,38,44)(H,39,40,41,42)/t22-,26-,30?. The van der Waals surface area contributed by atoms with Crippen molar-refractivity contribution in [2.75, 3.05) is 11.9 Å². The van der Waals surface area contributed by atoms with Crippen LogP contribution in [0.3, 0.4) is 0 Å². The normalized spacial score (nSPS) is 18.5. The molecule has 2 saturated carbocycles. The third-order valence-electron chi connectivity index (χ3n) is 8.74. The zero-order valence-electron chi connectivity index (χ0n) is 25.0. The summed E-state index contributed by atoms with van der Waals surface area (Å²) in [4.78, 5) is 39.3. The molecule has 0 spiro atoms. The van der Waals surface area contributed by atoms with Gasteiger partial charge in [-0.2, -0.15) is 0 Å². The fourth-order valence-corrected chi connectivity index (χ4v) is 5.76. The van der Waals surface area contributed by atoms with Gasteiger partial charge in [0.15, 0.2) is 5.82 Å². The van der Waals surface area contributed by atoms with Crippen LogP contribution >= 0.6 is 0 Å². The van der Waals surface area contributed by atoms with Gasteiger partial charge < -0.3 is 21.7 Å². The Labute approximate surface area is 261 Å². The molecule has 0 saturated heterocycles. The van der Waals surface area contributed by atoms with Gasteiger partial charge in [-0.25, -0.2) is 5.10 Å². The van der Waals surface area contributed by atoms with E-state index in [1.54, 1.807) is 12.1 Å². The maximum atomic E-state index is 13.6. The quantitative estimate of drug-likeness (QED) is 0.173. The molecule has 11 nitrogen and oxygen atoms in total. The second-order valence-electron chi connectivity index (χ2n) is 12.1. The van der Waals surface area contributed by atoms with Gasteiger partial charge in [0.05, 0.1) is 0 Å². The van der Waals surface area contributed by atoms with Gasteiger partial charge in [-0.05, 0) is 115 Å². The topological polar surface area (TPSA) is 168 Å². The lowest BCUT2D eigenvalue weighted by Gasteiger charge is -2.28. The number of nitrogens with two attached hydrogens (primary N) is 1. The monoisotopic (exact) mass is 606 g/mol. The Bertz CT molecular complexity index is 1590. The first-order valence-electron chi connectivity index (χ1n) is 15.6. The van der Waals surface area contributed by atoms with Gasteiger partial charge in [0, 0.05) is 35.2 Å². The largest absolute Gasteiger partial charge is 0.349 e. The predicted molar refractivity (Wildman–Crippen MR) is 171 cm³/mol. The first-order chi connectivity index (χ1) is 21.9. The lowest BCUT2D eigenvalue weighted by molar-refractivity contribution is -0.130.